The van der Waals surface area contributed by atoms with Gasteiger partial charge in [0.2, 0.25) is 0 Å². The highest BCUT2D eigenvalue weighted by molar-refractivity contribution is 5.96. The summed E-state index contributed by atoms with van der Waals surface area (Å²) in [5, 5.41) is 11.9. The summed E-state index contributed by atoms with van der Waals surface area (Å²) >= 11 is 0. The van der Waals surface area contributed by atoms with Crippen LogP contribution in [0.3, 0.4) is 0 Å². The number of aromatic nitrogens is 1. The molecule has 0 aliphatic carbocycles. The van der Waals surface area contributed by atoms with Crippen molar-refractivity contribution in [2.45, 2.75) is 12.7 Å². The lowest BCUT2D eigenvalue weighted by molar-refractivity contribution is 0.193. The van der Waals surface area contributed by atoms with Crippen molar-refractivity contribution in [3.05, 3.63) is 108 Å². The molecule has 3 aromatic carbocycles. The Morgan fingerprint density at radius 1 is 0.909 bits per heavy atom. The van der Waals surface area contributed by atoms with E-state index in [1.165, 1.54) is 36.4 Å². The third-order valence-corrected chi connectivity index (χ3v) is 5.89. The first-order valence-corrected chi connectivity index (χ1v) is 10.5. The summed E-state index contributed by atoms with van der Waals surface area (Å²) in [7, 11) is 0. The Morgan fingerprint density at radius 3 is 2.55 bits per heavy atom. The van der Waals surface area contributed by atoms with Gasteiger partial charge in [0.25, 0.3) is 0 Å². The largest absolute Gasteiger partial charge is 0.488 e. The number of hydrogen-bond donors (Lipinski definition) is 1. The van der Waals surface area contributed by atoms with Crippen LogP contribution in [-0.2, 0) is 6.61 Å². The molecule has 0 saturated carbocycles. The summed E-state index contributed by atoms with van der Waals surface area (Å²) in [6.45, 7) is 0.292. The number of pyridine rings is 1. The number of rotatable bonds is 3. The lowest BCUT2D eigenvalue weighted by Crippen LogP contribution is -2.08. The fraction of sp³-hybridized carbons (Fsp3) is 0.0741. The van der Waals surface area contributed by atoms with Crippen LogP contribution in [0.4, 0.5) is 8.78 Å². The van der Waals surface area contributed by atoms with E-state index in [0.717, 1.165) is 16.5 Å². The zero-order valence-electron chi connectivity index (χ0n) is 17.3. The van der Waals surface area contributed by atoms with Crippen molar-refractivity contribution in [3.8, 4) is 28.1 Å². The van der Waals surface area contributed by atoms with Gasteiger partial charge < -0.3 is 14.3 Å². The molecule has 0 saturated heterocycles. The zero-order chi connectivity index (χ0) is 22.5. The molecule has 1 aliphatic heterocycles. The van der Waals surface area contributed by atoms with Crippen molar-refractivity contribution in [2.24, 2.45) is 0 Å². The van der Waals surface area contributed by atoms with Gasteiger partial charge in [0.05, 0.1) is 5.69 Å². The molecule has 5 aromatic rings. The molecule has 3 heterocycles. The van der Waals surface area contributed by atoms with E-state index < -0.39 is 6.10 Å². The molecule has 0 bridgehead atoms. The minimum Gasteiger partial charge on any atom is -0.488 e. The molecule has 0 spiro atoms. The molecule has 1 aliphatic rings. The van der Waals surface area contributed by atoms with E-state index in [0.29, 0.717) is 46.1 Å². The maximum Gasteiger partial charge on any atom is 0.146 e. The molecule has 1 unspecified atom stereocenters. The quantitative estimate of drug-likeness (QED) is 0.351. The molecule has 33 heavy (non-hydrogen) atoms. The van der Waals surface area contributed by atoms with Crippen LogP contribution in [0.1, 0.15) is 23.0 Å². The van der Waals surface area contributed by atoms with Crippen LogP contribution in [0.25, 0.3) is 33.4 Å². The summed E-state index contributed by atoms with van der Waals surface area (Å²) in [6.07, 6.45) is 0.590. The van der Waals surface area contributed by atoms with Crippen molar-refractivity contribution in [1.29, 1.82) is 0 Å². The lowest BCUT2D eigenvalue weighted by atomic mass is 9.95. The number of fused-ring (bicyclic) bond motifs is 4. The van der Waals surface area contributed by atoms with E-state index in [9.17, 15) is 13.9 Å². The maximum atomic E-state index is 13.8. The van der Waals surface area contributed by atoms with Crippen LogP contribution in [-0.4, -0.2) is 10.1 Å². The average Bonchev–Trinajstić information content (AvgIpc) is 3.23. The first kappa shape index (κ1) is 19.6. The van der Waals surface area contributed by atoms with Gasteiger partial charge in [-0.15, -0.1) is 0 Å². The Labute approximate surface area is 187 Å². The Balaban J connectivity index is 1.52. The van der Waals surface area contributed by atoms with Crippen LogP contribution in [0.2, 0.25) is 0 Å². The van der Waals surface area contributed by atoms with E-state index >= 15 is 0 Å². The van der Waals surface area contributed by atoms with Crippen LogP contribution < -0.4 is 4.74 Å². The number of aliphatic hydroxyl groups excluding tert-OH is 1. The van der Waals surface area contributed by atoms with Gasteiger partial charge >= 0.3 is 0 Å². The monoisotopic (exact) mass is 441 g/mol. The van der Waals surface area contributed by atoms with Gasteiger partial charge in [0.1, 0.15) is 41.4 Å². The zero-order valence-corrected chi connectivity index (χ0v) is 17.3. The summed E-state index contributed by atoms with van der Waals surface area (Å²) in [4.78, 5) is 4.63. The number of hydrogen-bond acceptors (Lipinski definition) is 4. The molecular formula is C27H17F2NO3. The summed E-state index contributed by atoms with van der Waals surface area (Å²) < 4.78 is 39.1. The van der Waals surface area contributed by atoms with Crippen molar-refractivity contribution < 1.29 is 23.0 Å². The van der Waals surface area contributed by atoms with Crippen LogP contribution in [0.5, 0.6) is 5.75 Å². The Bertz CT molecular complexity index is 1510. The molecule has 6 rings (SSSR count). The normalized spacial score (nSPS) is 13.3. The summed E-state index contributed by atoms with van der Waals surface area (Å²) in [5.74, 6) is 0.186. The standard InChI is InChI=1S/C27H17F2NO3/c28-18-7-5-15(6-8-18)26(31)27-24(20-3-1-2-4-23(20)33-27)16-11-17-14-32-22-10-9-19(29)12-21(22)25(17)30-13-16/h1-13,26,31H,14H2. The van der Waals surface area contributed by atoms with Gasteiger partial charge in [0, 0.05) is 33.8 Å². The fourth-order valence-corrected chi connectivity index (χ4v) is 4.32. The second-order valence-corrected chi connectivity index (χ2v) is 7.95. The summed E-state index contributed by atoms with van der Waals surface area (Å²) in [5.41, 5.74) is 4.62. The number of benzene rings is 3. The van der Waals surface area contributed by atoms with Gasteiger partial charge in [0.15, 0.2) is 0 Å². The highest BCUT2D eigenvalue weighted by atomic mass is 19.1. The van der Waals surface area contributed by atoms with E-state index in [4.69, 9.17) is 9.15 Å². The third-order valence-electron chi connectivity index (χ3n) is 5.89. The Kier molecular flexibility index (Phi) is 4.48. The minimum atomic E-state index is -1.10. The fourth-order valence-electron chi connectivity index (χ4n) is 4.32. The van der Waals surface area contributed by atoms with Crippen molar-refractivity contribution in [3.63, 3.8) is 0 Å². The number of aliphatic hydroxyl groups is 1. The van der Waals surface area contributed by atoms with Gasteiger partial charge in [-0.05, 0) is 48.0 Å². The number of ether oxygens (including phenoxy) is 1. The molecule has 0 amide bonds. The molecule has 6 heteroatoms. The van der Waals surface area contributed by atoms with Crippen molar-refractivity contribution >= 4 is 11.0 Å². The molecular weight excluding hydrogens is 424 g/mol. The lowest BCUT2D eigenvalue weighted by Gasteiger charge is -2.20. The topological polar surface area (TPSA) is 55.5 Å². The van der Waals surface area contributed by atoms with Gasteiger partial charge in [-0.1, -0.05) is 30.3 Å². The van der Waals surface area contributed by atoms with Gasteiger partial charge in [-0.3, -0.25) is 4.98 Å². The van der Waals surface area contributed by atoms with E-state index in [2.05, 4.69) is 4.98 Å². The predicted octanol–water partition coefficient (Wildman–Crippen LogP) is 6.41. The van der Waals surface area contributed by atoms with Crippen LogP contribution in [0, 0.1) is 11.6 Å². The highest BCUT2D eigenvalue weighted by Gasteiger charge is 2.26. The summed E-state index contributed by atoms with van der Waals surface area (Å²) in [6, 6.07) is 19.4. The number of halogens is 2. The second-order valence-electron chi connectivity index (χ2n) is 7.95. The molecule has 4 nitrogen and oxygen atoms in total. The van der Waals surface area contributed by atoms with Crippen LogP contribution >= 0.6 is 0 Å². The number of para-hydroxylation sites is 1. The maximum absolute atomic E-state index is 13.8. The second kappa shape index (κ2) is 7.53. The van der Waals surface area contributed by atoms with Crippen LogP contribution in [0.15, 0.2) is 83.4 Å². The first-order valence-electron chi connectivity index (χ1n) is 10.5. The number of furan rings is 1. The third kappa shape index (κ3) is 3.27. The smallest absolute Gasteiger partial charge is 0.146 e. The van der Waals surface area contributed by atoms with Gasteiger partial charge in [-0.2, -0.15) is 0 Å². The minimum absolute atomic E-state index is 0.292. The molecule has 1 N–H and O–H groups in total. The molecule has 162 valence electrons. The molecule has 2 aromatic heterocycles. The van der Waals surface area contributed by atoms with E-state index in [-0.39, 0.29) is 11.6 Å². The van der Waals surface area contributed by atoms with E-state index in [1.807, 2.05) is 30.3 Å². The SMILES string of the molecule is OC(c1ccc(F)cc1)c1oc2ccccc2c1-c1cnc2c(c1)COc1ccc(F)cc1-2. The van der Waals surface area contributed by atoms with Gasteiger partial charge in [-0.25, -0.2) is 8.78 Å². The van der Waals surface area contributed by atoms with Crippen molar-refractivity contribution in [2.75, 3.05) is 0 Å². The Hall–Kier alpha value is -4.03. The predicted molar refractivity (Wildman–Crippen MR) is 120 cm³/mol. The average molecular weight is 441 g/mol. The van der Waals surface area contributed by atoms with Crippen molar-refractivity contribution in [1.82, 2.24) is 4.98 Å². The molecule has 0 fully saturated rings. The van der Waals surface area contributed by atoms with E-state index in [1.54, 1.807) is 12.3 Å². The number of nitrogens with zero attached hydrogens (tertiary/aromatic N) is 1. The first-order chi connectivity index (χ1) is 16.1. The molecule has 0 radical (unpaired) electrons. The Morgan fingerprint density at radius 2 is 1.70 bits per heavy atom. The molecule has 1 atom stereocenters. The highest BCUT2D eigenvalue weighted by Crippen LogP contribution is 2.42.